The van der Waals surface area contributed by atoms with Gasteiger partial charge in [0.1, 0.15) is 5.75 Å². The number of fused-ring (bicyclic) bond motifs is 1. The second-order valence-corrected chi connectivity index (χ2v) is 7.06. The van der Waals surface area contributed by atoms with Crippen LogP contribution < -0.4 is 15.5 Å². The van der Waals surface area contributed by atoms with Crippen LogP contribution >= 0.6 is 0 Å². The largest absolute Gasteiger partial charge is 0.496 e. The van der Waals surface area contributed by atoms with E-state index in [1.165, 1.54) is 0 Å². The molecule has 0 radical (unpaired) electrons. The molecule has 154 valence electrons. The number of aryl methyl sites for hydroxylation is 2. The molecule has 0 saturated carbocycles. The monoisotopic (exact) mass is 403 g/mol. The summed E-state index contributed by atoms with van der Waals surface area (Å²) in [6.07, 6.45) is 1.73. The molecule has 0 bridgehead atoms. The van der Waals surface area contributed by atoms with Gasteiger partial charge in [-0.2, -0.15) is 5.10 Å². The number of ether oxygens (including phenoxy) is 1. The second-order valence-electron chi connectivity index (χ2n) is 7.06. The average Bonchev–Trinajstić information content (AvgIpc) is 2.74. The van der Waals surface area contributed by atoms with Crippen LogP contribution in [0.15, 0.2) is 59.7 Å². The molecule has 0 aromatic heterocycles. The third-order valence-electron chi connectivity index (χ3n) is 4.77. The summed E-state index contributed by atoms with van der Waals surface area (Å²) in [4.78, 5) is 24.2. The molecule has 0 aliphatic rings. The Morgan fingerprint density at radius 3 is 2.43 bits per heavy atom. The van der Waals surface area contributed by atoms with Crippen molar-refractivity contribution < 1.29 is 14.3 Å². The minimum Gasteiger partial charge on any atom is -0.496 e. The first-order valence-electron chi connectivity index (χ1n) is 9.72. The Labute approximate surface area is 175 Å². The van der Waals surface area contributed by atoms with Crippen molar-refractivity contribution in [3.8, 4) is 5.75 Å². The van der Waals surface area contributed by atoms with Gasteiger partial charge in [-0.3, -0.25) is 9.59 Å². The van der Waals surface area contributed by atoms with Gasteiger partial charge in [-0.25, -0.2) is 5.43 Å². The highest BCUT2D eigenvalue weighted by atomic mass is 16.5. The van der Waals surface area contributed by atoms with Crippen molar-refractivity contribution in [1.82, 2.24) is 5.43 Å². The van der Waals surface area contributed by atoms with Gasteiger partial charge in [0.05, 0.1) is 13.3 Å². The Kier molecular flexibility index (Phi) is 6.80. The zero-order valence-corrected chi connectivity index (χ0v) is 17.4. The Morgan fingerprint density at radius 1 is 0.967 bits per heavy atom. The number of hydrazone groups is 1. The molecular weight excluding hydrogens is 378 g/mol. The fourth-order valence-corrected chi connectivity index (χ4v) is 3.21. The number of hydrogen-bond donors (Lipinski definition) is 2. The molecule has 0 aliphatic carbocycles. The fraction of sp³-hybridized carbons (Fsp3) is 0.208. The van der Waals surface area contributed by atoms with Crippen LogP contribution in [0.3, 0.4) is 0 Å². The summed E-state index contributed by atoms with van der Waals surface area (Å²) in [5.41, 5.74) is 6.22. The molecule has 30 heavy (non-hydrogen) atoms. The van der Waals surface area contributed by atoms with E-state index in [9.17, 15) is 9.59 Å². The number of rotatable bonds is 7. The van der Waals surface area contributed by atoms with Crippen LogP contribution in [0.5, 0.6) is 5.75 Å². The number of amides is 2. The Hall–Kier alpha value is -3.67. The Bertz CT molecular complexity index is 1110. The number of benzene rings is 3. The van der Waals surface area contributed by atoms with Crippen molar-refractivity contribution in [1.29, 1.82) is 0 Å². The summed E-state index contributed by atoms with van der Waals surface area (Å²) in [5, 5.41) is 8.82. The Morgan fingerprint density at radius 2 is 1.70 bits per heavy atom. The fourth-order valence-electron chi connectivity index (χ4n) is 3.21. The van der Waals surface area contributed by atoms with Gasteiger partial charge in [0.2, 0.25) is 11.8 Å². The SMILES string of the molecule is COc1ccc(/C=N/NC(=O)CCC(=O)Nc2ccc(C)cc2C)c2ccccc12. The lowest BCUT2D eigenvalue weighted by Gasteiger charge is -2.09. The van der Waals surface area contributed by atoms with E-state index >= 15 is 0 Å². The number of nitrogens with zero attached hydrogens (tertiary/aromatic N) is 1. The zero-order chi connectivity index (χ0) is 21.5. The minimum absolute atomic E-state index is 0.0530. The standard InChI is InChI=1S/C24H25N3O3/c1-16-8-10-21(17(2)14-16)26-23(28)12-13-24(29)27-25-15-18-9-11-22(30-3)20-7-5-4-6-19(18)20/h4-11,14-15H,12-13H2,1-3H3,(H,26,28)(H,27,29)/b25-15+. The summed E-state index contributed by atoms with van der Waals surface area (Å²) in [6, 6.07) is 17.4. The molecule has 0 saturated heterocycles. The lowest BCUT2D eigenvalue weighted by Crippen LogP contribution is -2.20. The number of carbonyl (C=O) groups is 2. The molecule has 2 N–H and O–H groups in total. The number of methoxy groups -OCH3 is 1. The zero-order valence-electron chi connectivity index (χ0n) is 17.4. The number of carbonyl (C=O) groups excluding carboxylic acids is 2. The molecule has 0 unspecified atom stereocenters. The van der Waals surface area contributed by atoms with Crippen LogP contribution in [0.1, 0.15) is 29.5 Å². The second kappa shape index (κ2) is 9.69. The van der Waals surface area contributed by atoms with Crippen molar-refractivity contribution in [3.63, 3.8) is 0 Å². The van der Waals surface area contributed by atoms with E-state index in [4.69, 9.17) is 4.74 Å². The minimum atomic E-state index is -0.320. The maximum absolute atomic E-state index is 12.1. The van der Waals surface area contributed by atoms with Crippen LogP contribution in [-0.4, -0.2) is 25.1 Å². The molecule has 0 aliphatic heterocycles. The third-order valence-corrected chi connectivity index (χ3v) is 4.77. The third kappa shape index (κ3) is 5.23. The molecule has 3 aromatic rings. The highest BCUT2D eigenvalue weighted by molar-refractivity contribution is 6.02. The number of hydrogen-bond acceptors (Lipinski definition) is 4. The summed E-state index contributed by atoms with van der Waals surface area (Å²) in [7, 11) is 1.63. The first kappa shape index (κ1) is 21.0. The van der Waals surface area contributed by atoms with Crippen LogP contribution in [0.2, 0.25) is 0 Å². The molecule has 6 nitrogen and oxygen atoms in total. The van der Waals surface area contributed by atoms with Gasteiger partial charge in [-0.1, -0.05) is 42.0 Å². The summed E-state index contributed by atoms with van der Waals surface area (Å²) >= 11 is 0. The number of nitrogens with one attached hydrogen (secondary N) is 2. The first-order chi connectivity index (χ1) is 14.5. The van der Waals surface area contributed by atoms with Crippen molar-refractivity contribution >= 4 is 34.5 Å². The van der Waals surface area contributed by atoms with Gasteiger partial charge in [0.25, 0.3) is 0 Å². The smallest absolute Gasteiger partial charge is 0.240 e. The van der Waals surface area contributed by atoms with Gasteiger partial charge in [-0.15, -0.1) is 0 Å². The average molecular weight is 403 g/mol. The molecule has 0 spiro atoms. The van der Waals surface area contributed by atoms with Gasteiger partial charge >= 0.3 is 0 Å². The van der Waals surface area contributed by atoms with Gasteiger partial charge in [0, 0.05) is 29.5 Å². The molecule has 0 atom stereocenters. The van der Waals surface area contributed by atoms with Gasteiger partial charge in [-0.05, 0) is 43.0 Å². The molecular formula is C24H25N3O3. The van der Waals surface area contributed by atoms with Crippen LogP contribution in [0, 0.1) is 13.8 Å². The van der Waals surface area contributed by atoms with E-state index in [1.54, 1.807) is 13.3 Å². The quantitative estimate of drug-likeness (QED) is 0.455. The number of anilines is 1. The normalized spacial score (nSPS) is 10.9. The van der Waals surface area contributed by atoms with Gasteiger partial charge in [0.15, 0.2) is 0 Å². The van der Waals surface area contributed by atoms with Crippen LogP contribution in [-0.2, 0) is 9.59 Å². The maximum Gasteiger partial charge on any atom is 0.240 e. The van der Waals surface area contributed by atoms with Crippen LogP contribution in [0.25, 0.3) is 10.8 Å². The summed E-state index contributed by atoms with van der Waals surface area (Å²) < 4.78 is 5.38. The Balaban J connectivity index is 1.54. The molecule has 0 heterocycles. The first-order valence-corrected chi connectivity index (χ1v) is 9.72. The van der Waals surface area contributed by atoms with Crippen LogP contribution in [0.4, 0.5) is 5.69 Å². The van der Waals surface area contributed by atoms with E-state index in [1.807, 2.05) is 68.4 Å². The van der Waals surface area contributed by atoms with E-state index in [2.05, 4.69) is 15.8 Å². The van der Waals surface area contributed by atoms with E-state index in [0.717, 1.165) is 38.9 Å². The van der Waals surface area contributed by atoms with E-state index in [-0.39, 0.29) is 24.7 Å². The van der Waals surface area contributed by atoms with E-state index in [0.29, 0.717) is 0 Å². The van der Waals surface area contributed by atoms with Crippen molar-refractivity contribution in [2.24, 2.45) is 5.10 Å². The molecule has 6 heteroatoms. The lowest BCUT2D eigenvalue weighted by molar-refractivity contribution is -0.124. The highest BCUT2D eigenvalue weighted by Gasteiger charge is 2.09. The highest BCUT2D eigenvalue weighted by Crippen LogP contribution is 2.27. The van der Waals surface area contributed by atoms with Crippen molar-refractivity contribution in [2.45, 2.75) is 26.7 Å². The topological polar surface area (TPSA) is 79.8 Å². The maximum atomic E-state index is 12.1. The molecule has 0 fully saturated rings. The predicted molar refractivity (Wildman–Crippen MR) is 120 cm³/mol. The predicted octanol–water partition coefficient (Wildman–Crippen LogP) is 4.33. The van der Waals surface area contributed by atoms with E-state index < -0.39 is 0 Å². The van der Waals surface area contributed by atoms with Crippen molar-refractivity contribution in [2.75, 3.05) is 12.4 Å². The summed E-state index contributed by atoms with van der Waals surface area (Å²) in [6.45, 7) is 3.94. The lowest BCUT2D eigenvalue weighted by atomic mass is 10.0. The molecule has 2 amide bonds. The molecule has 3 aromatic carbocycles. The van der Waals surface area contributed by atoms with Crippen molar-refractivity contribution in [3.05, 3.63) is 71.3 Å². The summed E-state index contributed by atoms with van der Waals surface area (Å²) in [5.74, 6) is 0.253. The molecule has 3 rings (SSSR count). The van der Waals surface area contributed by atoms with Gasteiger partial charge < -0.3 is 10.1 Å².